The van der Waals surface area contributed by atoms with Gasteiger partial charge in [0.25, 0.3) is 0 Å². The summed E-state index contributed by atoms with van der Waals surface area (Å²) in [5.41, 5.74) is 10.4. The molecular formula is C6H14N2O4. The Morgan fingerprint density at radius 3 is 2.42 bits per heavy atom. The van der Waals surface area contributed by atoms with Crippen molar-refractivity contribution in [2.24, 2.45) is 11.5 Å². The van der Waals surface area contributed by atoms with Crippen molar-refractivity contribution >= 4 is 5.97 Å². The second kappa shape index (κ2) is 5.04. The average molecular weight is 178 g/mol. The molecular weight excluding hydrogens is 164 g/mol. The summed E-state index contributed by atoms with van der Waals surface area (Å²) >= 11 is 0. The number of aliphatic carboxylic acids is 1. The summed E-state index contributed by atoms with van der Waals surface area (Å²) in [6.07, 6.45) is -2.07. The Bertz CT molecular complexity index is 152. The van der Waals surface area contributed by atoms with Gasteiger partial charge in [-0.1, -0.05) is 0 Å². The number of rotatable bonds is 5. The van der Waals surface area contributed by atoms with Gasteiger partial charge in [0.15, 0.2) is 0 Å². The molecule has 0 aromatic rings. The summed E-state index contributed by atoms with van der Waals surface area (Å²) in [4.78, 5) is 10.2. The molecule has 6 heteroatoms. The molecule has 0 heterocycles. The van der Waals surface area contributed by atoms with Crippen LogP contribution in [0.15, 0.2) is 0 Å². The van der Waals surface area contributed by atoms with Crippen molar-refractivity contribution in [1.82, 2.24) is 0 Å². The molecule has 6 nitrogen and oxygen atoms in total. The Morgan fingerprint density at radius 1 is 1.58 bits per heavy atom. The van der Waals surface area contributed by atoms with Gasteiger partial charge in [-0.25, -0.2) is 0 Å². The minimum absolute atomic E-state index is 0.121. The first kappa shape index (κ1) is 11.3. The van der Waals surface area contributed by atoms with Crippen LogP contribution in [0.5, 0.6) is 0 Å². The summed E-state index contributed by atoms with van der Waals surface area (Å²) in [6, 6.07) is -1.11. The van der Waals surface area contributed by atoms with Gasteiger partial charge >= 0.3 is 5.97 Å². The molecule has 0 aliphatic carbocycles. The van der Waals surface area contributed by atoms with Gasteiger partial charge in [-0.3, -0.25) is 4.79 Å². The van der Waals surface area contributed by atoms with Crippen LogP contribution in [0, 0.1) is 0 Å². The summed E-state index contributed by atoms with van der Waals surface area (Å²) in [5.74, 6) is -1.17. The van der Waals surface area contributed by atoms with Crippen molar-refractivity contribution in [3.63, 3.8) is 0 Å². The van der Waals surface area contributed by atoms with Gasteiger partial charge in [-0.05, 0) is 0 Å². The van der Waals surface area contributed by atoms with Crippen LogP contribution in [0.4, 0.5) is 0 Å². The van der Waals surface area contributed by atoms with Crippen molar-refractivity contribution in [1.29, 1.82) is 0 Å². The number of hydrogen-bond donors (Lipinski definition) is 4. The van der Waals surface area contributed by atoms with E-state index in [0.29, 0.717) is 0 Å². The maximum absolute atomic E-state index is 10.2. The molecule has 0 bridgehead atoms. The fraction of sp³-hybridized carbons (Fsp3) is 0.833. The number of aliphatic hydroxyl groups excluding tert-OH is 1. The highest BCUT2D eigenvalue weighted by Crippen LogP contribution is 2.00. The van der Waals surface area contributed by atoms with E-state index in [9.17, 15) is 4.79 Å². The van der Waals surface area contributed by atoms with Gasteiger partial charge in [0, 0.05) is 13.5 Å². The van der Waals surface area contributed by atoms with E-state index < -0.39 is 24.3 Å². The van der Waals surface area contributed by atoms with Crippen molar-refractivity contribution in [3.05, 3.63) is 0 Å². The molecule has 12 heavy (non-hydrogen) atoms. The van der Waals surface area contributed by atoms with Gasteiger partial charge in [0.05, 0.1) is 6.10 Å². The molecule has 0 fully saturated rings. The zero-order valence-electron chi connectivity index (χ0n) is 6.80. The third-order valence-electron chi connectivity index (χ3n) is 1.46. The lowest BCUT2D eigenvalue weighted by Gasteiger charge is -2.18. The largest absolute Gasteiger partial charge is 0.480 e. The Labute approximate surface area is 70.1 Å². The topological polar surface area (TPSA) is 119 Å². The van der Waals surface area contributed by atoms with E-state index in [2.05, 4.69) is 4.74 Å². The van der Waals surface area contributed by atoms with Crippen molar-refractivity contribution in [2.45, 2.75) is 24.8 Å². The van der Waals surface area contributed by atoms with E-state index in [1.807, 2.05) is 0 Å². The number of hydrogen-bond acceptors (Lipinski definition) is 5. The molecule has 3 atom stereocenters. The first-order valence-corrected chi connectivity index (χ1v) is 3.44. The van der Waals surface area contributed by atoms with Gasteiger partial charge in [-0.2, -0.15) is 0 Å². The number of nitrogens with two attached hydrogens (primary N) is 2. The Kier molecular flexibility index (Phi) is 4.75. The van der Waals surface area contributed by atoms with E-state index >= 15 is 0 Å². The molecule has 0 aromatic carbocycles. The van der Waals surface area contributed by atoms with Crippen molar-refractivity contribution < 1.29 is 19.7 Å². The SMILES string of the molecule is COC(N)C(O)C[C@@H](N)C(=O)O. The molecule has 0 saturated carbocycles. The lowest BCUT2D eigenvalue weighted by Crippen LogP contribution is -2.42. The molecule has 2 unspecified atom stereocenters. The minimum Gasteiger partial charge on any atom is -0.480 e. The van der Waals surface area contributed by atoms with E-state index in [1.165, 1.54) is 7.11 Å². The summed E-state index contributed by atoms with van der Waals surface area (Å²) in [7, 11) is 1.32. The summed E-state index contributed by atoms with van der Waals surface area (Å²) in [6.45, 7) is 0. The molecule has 0 spiro atoms. The number of aliphatic hydroxyl groups is 1. The lowest BCUT2D eigenvalue weighted by atomic mass is 10.1. The average Bonchev–Trinajstić information content (AvgIpc) is 2.02. The second-order valence-corrected chi connectivity index (χ2v) is 2.45. The van der Waals surface area contributed by atoms with Crippen LogP contribution in [0.2, 0.25) is 0 Å². The number of carboxylic acids is 1. The maximum Gasteiger partial charge on any atom is 0.320 e. The smallest absolute Gasteiger partial charge is 0.320 e. The predicted molar refractivity (Wildman–Crippen MR) is 41.2 cm³/mol. The normalized spacial score (nSPS) is 18.3. The predicted octanol–water partition coefficient (Wildman–Crippen LogP) is -1.92. The molecule has 0 aromatic heterocycles. The standard InChI is InChI=1S/C6H14N2O4/c1-12-5(8)4(9)2-3(7)6(10)11/h3-5,9H,2,7-8H2,1H3,(H,10,11)/t3-,4?,5?/m1/s1. The zero-order chi connectivity index (χ0) is 9.72. The summed E-state index contributed by atoms with van der Waals surface area (Å²) in [5, 5.41) is 17.5. The van der Waals surface area contributed by atoms with Crippen molar-refractivity contribution in [3.8, 4) is 0 Å². The highest BCUT2D eigenvalue weighted by Gasteiger charge is 2.21. The van der Waals surface area contributed by atoms with E-state index in [4.69, 9.17) is 21.7 Å². The second-order valence-electron chi connectivity index (χ2n) is 2.45. The van der Waals surface area contributed by atoms with Crippen LogP contribution >= 0.6 is 0 Å². The minimum atomic E-state index is -1.17. The van der Waals surface area contributed by atoms with Crippen LogP contribution in [0.3, 0.4) is 0 Å². The number of methoxy groups -OCH3 is 1. The van der Waals surface area contributed by atoms with Crippen LogP contribution in [-0.2, 0) is 9.53 Å². The highest BCUT2D eigenvalue weighted by atomic mass is 16.5. The summed E-state index contributed by atoms with van der Waals surface area (Å²) < 4.78 is 4.57. The molecule has 0 rings (SSSR count). The van der Waals surface area contributed by atoms with Gasteiger partial charge < -0.3 is 26.4 Å². The molecule has 0 saturated heterocycles. The molecule has 0 aliphatic rings. The maximum atomic E-state index is 10.2. The monoisotopic (exact) mass is 178 g/mol. The van der Waals surface area contributed by atoms with Gasteiger partial charge in [0.1, 0.15) is 12.3 Å². The number of ether oxygens (including phenoxy) is 1. The number of carboxylic acid groups (broad SMARTS) is 1. The van der Waals surface area contributed by atoms with E-state index in [1.54, 1.807) is 0 Å². The van der Waals surface area contributed by atoms with E-state index in [-0.39, 0.29) is 6.42 Å². The van der Waals surface area contributed by atoms with Crippen LogP contribution in [0.25, 0.3) is 0 Å². The Hall–Kier alpha value is -0.690. The highest BCUT2D eigenvalue weighted by molar-refractivity contribution is 5.73. The fourth-order valence-corrected chi connectivity index (χ4v) is 0.652. The first-order chi connectivity index (χ1) is 5.49. The van der Waals surface area contributed by atoms with Gasteiger partial charge in [0.2, 0.25) is 0 Å². The molecule has 0 radical (unpaired) electrons. The number of carbonyl (C=O) groups is 1. The van der Waals surface area contributed by atoms with E-state index in [0.717, 1.165) is 0 Å². The molecule has 72 valence electrons. The molecule has 6 N–H and O–H groups in total. The molecule has 0 amide bonds. The fourth-order valence-electron chi connectivity index (χ4n) is 0.652. The molecule has 0 aliphatic heterocycles. The van der Waals surface area contributed by atoms with Gasteiger partial charge in [-0.15, -0.1) is 0 Å². The lowest BCUT2D eigenvalue weighted by molar-refractivity contribution is -0.139. The van der Waals surface area contributed by atoms with Crippen LogP contribution < -0.4 is 11.5 Å². The van der Waals surface area contributed by atoms with Crippen LogP contribution in [0.1, 0.15) is 6.42 Å². The van der Waals surface area contributed by atoms with Crippen LogP contribution in [-0.4, -0.2) is 41.7 Å². The third-order valence-corrected chi connectivity index (χ3v) is 1.46. The zero-order valence-corrected chi connectivity index (χ0v) is 6.80. The Balaban J connectivity index is 3.83. The first-order valence-electron chi connectivity index (χ1n) is 3.44. The van der Waals surface area contributed by atoms with Crippen molar-refractivity contribution in [2.75, 3.05) is 7.11 Å². The Morgan fingerprint density at radius 2 is 2.08 bits per heavy atom. The third kappa shape index (κ3) is 3.63. The quantitative estimate of drug-likeness (QED) is 0.364.